The Balaban J connectivity index is 2.16. The highest BCUT2D eigenvalue weighted by Gasteiger charge is 2.10. The van der Waals surface area contributed by atoms with Crippen LogP contribution in [0.3, 0.4) is 0 Å². The minimum atomic E-state index is 0.0389. The Morgan fingerprint density at radius 1 is 0.857 bits per heavy atom. The zero-order valence-corrected chi connectivity index (χ0v) is 13.5. The quantitative estimate of drug-likeness (QED) is 0.887. The number of carbonyl (C=O) groups is 1. The third-order valence-corrected chi connectivity index (χ3v) is 3.79. The molecule has 0 saturated heterocycles. The van der Waals surface area contributed by atoms with Gasteiger partial charge in [0.25, 0.3) is 0 Å². The lowest BCUT2D eigenvalue weighted by molar-refractivity contribution is -0.115. The lowest BCUT2D eigenvalue weighted by atomic mass is 10.0. The molecule has 0 atom stereocenters. The number of rotatable bonds is 3. The molecule has 0 aliphatic carbocycles. The Morgan fingerprint density at radius 2 is 1.43 bits per heavy atom. The fraction of sp³-hybridized carbons (Fsp3) is 0.316. The average molecular weight is 281 g/mol. The van der Waals surface area contributed by atoms with Crippen molar-refractivity contribution in [3.05, 3.63) is 63.7 Å². The molecule has 0 bridgehead atoms. The summed E-state index contributed by atoms with van der Waals surface area (Å²) in [5.74, 6) is 0.0389. The van der Waals surface area contributed by atoms with Crippen molar-refractivity contribution in [3.8, 4) is 0 Å². The molecule has 110 valence electrons. The molecule has 0 aromatic heterocycles. The van der Waals surface area contributed by atoms with Crippen molar-refractivity contribution in [1.82, 2.24) is 0 Å². The van der Waals surface area contributed by atoms with Crippen LogP contribution in [0, 0.1) is 34.6 Å². The van der Waals surface area contributed by atoms with Crippen LogP contribution in [0.2, 0.25) is 0 Å². The summed E-state index contributed by atoms with van der Waals surface area (Å²) < 4.78 is 0. The molecule has 2 aromatic carbocycles. The number of amides is 1. The molecule has 0 spiro atoms. The maximum absolute atomic E-state index is 12.3. The van der Waals surface area contributed by atoms with Gasteiger partial charge in [-0.25, -0.2) is 0 Å². The van der Waals surface area contributed by atoms with Crippen LogP contribution in [-0.2, 0) is 11.2 Å². The van der Waals surface area contributed by atoms with Crippen molar-refractivity contribution in [3.63, 3.8) is 0 Å². The Labute approximate surface area is 127 Å². The smallest absolute Gasteiger partial charge is 0.228 e. The molecular formula is C19H23NO. The Kier molecular flexibility index (Phi) is 4.46. The second kappa shape index (κ2) is 6.13. The monoisotopic (exact) mass is 281 g/mol. The molecule has 0 saturated carbocycles. The molecule has 0 unspecified atom stereocenters. The van der Waals surface area contributed by atoms with Crippen molar-refractivity contribution < 1.29 is 4.79 Å². The molecular weight excluding hydrogens is 258 g/mol. The van der Waals surface area contributed by atoms with E-state index >= 15 is 0 Å². The van der Waals surface area contributed by atoms with Crippen molar-refractivity contribution in [2.45, 2.75) is 41.0 Å². The van der Waals surface area contributed by atoms with E-state index in [1.807, 2.05) is 19.9 Å². The highest BCUT2D eigenvalue weighted by Crippen LogP contribution is 2.22. The van der Waals surface area contributed by atoms with Crippen molar-refractivity contribution in [2.24, 2.45) is 0 Å². The van der Waals surface area contributed by atoms with Gasteiger partial charge in [-0.1, -0.05) is 41.5 Å². The van der Waals surface area contributed by atoms with Crippen molar-refractivity contribution in [1.29, 1.82) is 0 Å². The molecule has 0 aliphatic rings. The SMILES string of the molecule is Cc1ccc(CC(=O)Nc2c(C)cc(C)cc2C)c(C)c1. The van der Waals surface area contributed by atoms with Crippen LogP contribution in [0.4, 0.5) is 5.69 Å². The van der Waals surface area contributed by atoms with Gasteiger partial charge in [0.1, 0.15) is 0 Å². The van der Waals surface area contributed by atoms with Crippen molar-refractivity contribution in [2.75, 3.05) is 5.32 Å². The number of aryl methyl sites for hydroxylation is 5. The van der Waals surface area contributed by atoms with E-state index in [4.69, 9.17) is 0 Å². The van der Waals surface area contributed by atoms with Gasteiger partial charge in [-0.05, 0) is 56.9 Å². The molecule has 21 heavy (non-hydrogen) atoms. The van der Waals surface area contributed by atoms with E-state index in [-0.39, 0.29) is 5.91 Å². The fourth-order valence-corrected chi connectivity index (χ4v) is 2.78. The maximum atomic E-state index is 12.3. The summed E-state index contributed by atoms with van der Waals surface area (Å²) in [7, 11) is 0. The summed E-state index contributed by atoms with van der Waals surface area (Å²) >= 11 is 0. The zero-order chi connectivity index (χ0) is 15.6. The van der Waals surface area contributed by atoms with Gasteiger partial charge in [0, 0.05) is 5.69 Å². The molecule has 2 nitrogen and oxygen atoms in total. The van der Waals surface area contributed by atoms with E-state index in [2.05, 4.69) is 50.4 Å². The largest absolute Gasteiger partial charge is 0.325 e. The molecule has 0 heterocycles. The van der Waals surface area contributed by atoms with Crippen LogP contribution in [-0.4, -0.2) is 5.91 Å². The van der Waals surface area contributed by atoms with Crippen LogP contribution in [0.25, 0.3) is 0 Å². The molecule has 2 heteroatoms. The van der Waals surface area contributed by atoms with Crippen LogP contribution in [0.15, 0.2) is 30.3 Å². The van der Waals surface area contributed by atoms with Gasteiger partial charge in [0.05, 0.1) is 6.42 Å². The second-order valence-electron chi connectivity index (χ2n) is 5.93. The van der Waals surface area contributed by atoms with Gasteiger partial charge in [0.15, 0.2) is 0 Å². The lowest BCUT2D eigenvalue weighted by Gasteiger charge is -2.13. The Bertz CT molecular complexity index is 663. The summed E-state index contributed by atoms with van der Waals surface area (Å²) in [6.07, 6.45) is 0.416. The number of hydrogen-bond acceptors (Lipinski definition) is 1. The molecule has 0 aliphatic heterocycles. The predicted octanol–water partition coefficient (Wildman–Crippen LogP) is 4.41. The highest BCUT2D eigenvalue weighted by molar-refractivity contribution is 5.94. The first-order valence-electron chi connectivity index (χ1n) is 7.30. The van der Waals surface area contributed by atoms with Gasteiger partial charge < -0.3 is 5.32 Å². The number of nitrogens with one attached hydrogen (secondary N) is 1. The third kappa shape index (κ3) is 3.72. The number of benzene rings is 2. The molecule has 1 N–H and O–H groups in total. The minimum absolute atomic E-state index is 0.0389. The van der Waals surface area contributed by atoms with Crippen LogP contribution >= 0.6 is 0 Å². The molecule has 0 fully saturated rings. The van der Waals surface area contributed by atoms with Gasteiger partial charge >= 0.3 is 0 Å². The fourth-order valence-electron chi connectivity index (χ4n) is 2.78. The average Bonchev–Trinajstić information content (AvgIpc) is 2.37. The minimum Gasteiger partial charge on any atom is -0.325 e. The van der Waals surface area contributed by atoms with Gasteiger partial charge in [-0.15, -0.1) is 0 Å². The first-order valence-corrected chi connectivity index (χ1v) is 7.30. The molecule has 0 radical (unpaired) electrons. The normalized spacial score (nSPS) is 10.5. The first-order chi connectivity index (χ1) is 9.86. The first kappa shape index (κ1) is 15.3. The van der Waals surface area contributed by atoms with Gasteiger partial charge in [-0.3, -0.25) is 4.79 Å². The van der Waals surface area contributed by atoms with E-state index in [0.717, 1.165) is 22.4 Å². The summed E-state index contributed by atoms with van der Waals surface area (Å²) in [6.45, 7) is 10.3. The second-order valence-corrected chi connectivity index (χ2v) is 5.93. The van der Waals surface area contributed by atoms with Gasteiger partial charge in [0.2, 0.25) is 5.91 Å². The standard InChI is InChI=1S/C19H23NO/c1-12-6-7-17(14(3)8-12)11-18(21)20-19-15(4)9-13(2)10-16(19)5/h6-10H,11H2,1-5H3,(H,20,21). The number of carbonyl (C=O) groups excluding carboxylic acids is 1. The zero-order valence-electron chi connectivity index (χ0n) is 13.5. The highest BCUT2D eigenvalue weighted by atomic mass is 16.1. The summed E-state index contributed by atoms with van der Waals surface area (Å²) in [5.41, 5.74) is 7.86. The molecule has 2 rings (SSSR count). The number of hydrogen-bond donors (Lipinski definition) is 1. The summed E-state index contributed by atoms with van der Waals surface area (Å²) in [4.78, 5) is 12.3. The molecule has 2 aromatic rings. The Morgan fingerprint density at radius 3 is 2.00 bits per heavy atom. The molecule has 1 amide bonds. The predicted molar refractivity (Wildman–Crippen MR) is 88.9 cm³/mol. The van der Waals surface area contributed by atoms with Gasteiger partial charge in [-0.2, -0.15) is 0 Å². The van der Waals surface area contributed by atoms with Crippen molar-refractivity contribution >= 4 is 11.6 Å². The van der Waals surface area contributed by atoms with Crippen LogP contribution in [0.1, 0.15) is 33.4 Å². The van der Waals surface area contributed by atoms with E-state index in [1.54, 1.807) is 0 Å². The van der Waals surface area contributed by atoms with Crippen LogP contribution < -0.4 is 5.32 Å². The maximum Gasteiger partial charge on any atom is 0.228 e. The third-order valence-electron chi connectivity index (χ3n) is 3.79. The van der Waals surface area contributed by atoms with Crippen LogP contribution in [0.5, 0.6) is 0 Å². The van der Waals surface area contributed by atoms with E-state index in [9.17, 15) is 4.79 Å². The van der Waals surface area contributed by atoms with E-state index < -0.39 is 0 Å². The topological polar surface area (TPSA) is 29.1 Å². The number of anilines is 1. The van der Waals surface area contributed by atoms with E-state index in [1.165, 1.54) is 16.7 Å². The van der Waals surface area contributed by atoms with E-state index in [0.29, 0.717) is 6.42 Å². The summed E-state index contributed by atoms with van der Waals surface area (Å²) in [5, 5.41) is 3.06. The Hall–Kier alpha value is -2.09. The summed E-state index contributed by atoms with van der Waals surface area (Å²) in [6, 6.07) is 10.4. The lowest BCUT2D eigenvalue weighted by Crippen LogP contribution is -2.16.